The molecule has 0 saturated heterocycles. The highest BCUT2D eigenvalue weighted by molar-refractivity contribution is 7.92. The zero-order valence-corrected chi connectivity index (χ0v) is 14.3. The normalized spacial score (nSPS) is 11.0. The lowest BCUT2D eigenvalue weighted by molar-refractivity contribution is -0.121. The van der Waals surface area contributed by atoms with Crippen LogP contribution in [0.25, 0.3) is 0 Å². The third-order valence-corrected chi connectivity index (χ3v) is 5.77. The number of carbonyl (C=O) groups excluding carboxylic acids is 2. The fourth-order valence-corrected chi connectivity index (χ4v) is 4.08. The van der Waals surface area contributed by atoms with Gasteiger partial charge in [-0.25, -0.2) is 13.1 Å². The molecule has 2 rings (SSSR count). The van der Waals surface area contributed by atoms with Crippen LogP contribution in [-0.2, 0) is 14.8 Å². The van der Waals surface area contributed by atoms with E-state index in [4.69, 9.17) is 16.3 Å². The molecule has 0 bridgehead atoms. The molecule has 9 heteroatoms. The molecule has 1 amide bonds. The Morgan fingerprint density at radius 2 is 2.00 bits per heavy atom. The van der Waals surface area contributed by atoms with E-state index in [1.165, 1.54) is 25.1 Å². The minimum atomic E-state index is -3.96. The number of carbonyl (C=O) groups is 2. The maximum Gasteiger partial charge on any atom is 0.273 e. The first kappa shape index (κ1) is 17.5. The Bertz CT molecular complexity index is 844. The summed E-state index contributed by atoms with van der Waals surface area (Å²) in [7, 11) is -3.96. The molecule has 2 aromatic rings. The predicted octanol–water partition coefficient (Wildman–Crippen LogP) is 2.49. The van der Waals surface area contributed by atoms with Gasteiger partial charge in [0.25, 0.3) is 15.9 Å². The molecule has 1 aromatic carbocycles. The Balaban J connectivity index is 1.98. The second kappa shape index (κ2) is 7.12. The number of thiophene rings is 1. The number of Topliss-reactive ketones (excluding diaryl/α,β-unsaturated/α-hetero) is 1. The Kier molecular flexibility index (Phi) is 5.40. The van der Waals surface area contributed by atoms with Crippen LogP contribution in [0.2, 0.25) is 4.34 Å². The highest BCUT2D eigenvalue weighted by Gasteiger charge is 2.20. The van der Waals surface area contributed by atoms with Crippen molar-refractivity contribution in [3.05, 3.63) is 46.3 Å². The van der Waals surface area contributed by atoms with E-state index in [9.17, 15) is 18.0 Å². The first-order valence-corrected chi connectivity index (χ1v) is 9.00. The number of benzene rings is 1. The Hall–Kier alpha value is -1.90. The molecular weight excluding hydrogens is 362 g/mol. The van der Waals surface area contributed by atoms with Crippen LogP contribution >= 0.6 is 22.9 Å². The summed E-state index contributed by atoms with van der Waals surface area (Å²) in [5.74, 6) is -0.677. The number of sulfonamides is 1. The number of amides is 1. The maximum atomic E-state index is 11.9. The molecule has 0 atom stereocenters. The van der Waals surface area contributed by atoms with Gasteiger partial charge >= 0.3 is 0 Å². The van der Waals surface area contributed by atoms with Gasteiger partial charge < -0.3 is 4.74 Å². The average molecular weight is 374 g/mol. The lowest BCUT2D eigenvalue weighted by atomic mass is 10.1. The van der Waals surface area contributed by atoms with Crippen molar-refractivity contribution < 1.29 is 22.7 Å². The first-order chi connectivity index (χ1) is 10.8. The quantitative estimate of drug-likeness (QED) is 0.786. The number of ketones is 1. The van der Waals surface area contributed by atoms with Crippen LogP contribution in [0.4, 0.5) is 0 Å². The van der Waals surface area contributed by atoms with E-state index in [-0.39, 0.29) is 9.99 Å². The topological polar surface area (TPSA) is 89.5 Å². The van der Waals surface area contributed by atoms with E-state index in [2.05, 4.69) is 0 Å². The molecule has 0 aliphatic rings. The number of halogens is 1. The van der Waals surface area contributed by atoms with E-state index < -0.39 is 22.5 Å². The van der Waals surface area contributed by atoms with Crippen molar-refractivity contribution in [3.63, 3.8) is 0 Å². The van der Waals surface area contributed by atoms with E-state index in [1.54, 1.807) is 18.2 Å². The van der Waals surface area contributed by atoms with Crippen LogP contribution in [-0.4, -0.2) is 26.7 Å². The number of rotatable bonds is 6. The smallest absolute Gasteiger partial charge is 0.273 e. The molecule has 0 unspecified atom stereocenters. The standard InChI is InChI=1S/C14H12ClNO5S2/c1-9(17)10-3-2-4-11(7-10)21-8-13(18)16-23(19,20)14-6-5-12(15)22-14/h2-7H,8H2,1H3,(H,16,18). The van der Waals surface area contributed by atoms with Crippen molar-refractivity contribution in [2.45, 2.75) is 11.1 Å². The summed E-state index contributed by atoms with van der Waals surface area (Å²) in [6.07, 6.45) is 0. The van der Waals surface area contributed by atoms with Crippen LogP contribution in [0, 0.1) is 0 Å². The maximum absolute atomic E-state index is 11.9. The number of hydrogen-bond donors (Lipinski definition) is 1. The zero-order valence-electron chi connectivity index (χ0n) is 11.9. The lowest BCUT2D eigenvalue weighted by Crippen LogP contribution is -2.34. The van der Waals surface area contributed by atoms with Gasteiger partial charge in [0.15, 0.2) is 12.4 Å². The Morgan fingerprint density at radius 1 is 1.26 bits per heavy atom. The lowest BCUT2D eigenvalue weighted by Gasteiger charge is -2.08. The van der Waals surface area contributed by atoms with Crippen molar-refractivity contribution in [3.8, 4) is 5.75 Å². The van der Waals surface area contributed by atoms with Gasteiger partial charge in [-0.2, -0.15) is 0 Å². The van der Waals surface area contributed by atoms with Crippen LogP contribution in [0.3, 0.4) is 0 Å². The van der Waals surface area contributed by atoms with E-state index >= 15 is 0 Å². The molecule has 0 aliphatic carbocycles. The van der Waals surface area contributed by atoms with E-state index in [1.807, 2.05) is 4.72 Å². The third-order valence-electron chi connectivity index (χ3n) is 2.67. The van der Waals surface area contributed by atoms with Gasteiger partial charge in [-0.15, -0.1) is 11.3 Å². The molecular formula is C14H12ClNO5S2. The zero-order chi connectivity index (χ0) is 17.0. The molecule has 0 spiro atoms. The van der Waals surface area contributed by atoms with Crippen molar-refractivity contribution >= 4 is 44.7 Å². The van der Waals surface area contributed by atoms with Crippen molar-refractivity contribution in [2.75, 3.05) is 6.61 Å². The van der Waals surface area contributed by atoms with Gasteiger partial charge in [0.05, 0.1) is 4.34 Å². The number of nitrogens with one attached hydrogen (secondary N) is 1. The highest BCUT2D eigenvalue weighted by atomic mass is 35.5. The molecule has 1 heterocycles. The summed E-state index contributed by atoms with van der Waals surface area (Å²) in [6.45, 7) is 0.907. The van der Waals surface area contributed by atoms with E-state index in [0.29, 0.717) is 15.6 Å². The minimum absolute atomic E-state index is 0.0607. The minimum Gasteiger partial charge on any atom is -0.484 e. The predicted molar refractivity (Wildman–Crippen MR) is 86.6 cm³/mol. The second-order valence-electron chi connectivity index (χ2n) is 4.46. The molecule has 122 valence electrons. The summed E-state index contributed by atoms with van der Waals surface area (Å²) in [6, 6.07) is 8.99. The monoisotopic (exact) mass is 373 g/mol. The van der Waals surface area contributed by atoms with Crippen molar-refractivity contribution in [2.24, 2.45) is 0 Å². The van der Waals surface area contributed by atoms with Gasteiger partial charge in [-0.3, -0.25) is 9.59 Å². The van der Waals surface area contributed by atoms with Gasteiger partial charge in [-0.1, -0.05) is 23.7 Å². The summed E-state index contributed by atoms with van der Waals surface area (Å²) < 4.78 is 31.2. The van der Waals surface area contributed by atoms with Crippen LogP contribution in [0.1, 0.15) is 17.3 Å². The van der Waals surface area contributed by atoms with Gasteiger partial charge in [0.1, 0.15) is 9.96 Å². The van der Waals surface area contributed by atoms with E-state index in [0.717, 1.165) is 11.3 Å². The van der Waals surface area contributed by atoms with Crippen LogP contribution in [0.15, 0.2) is 40.6 Å². The molecule has 23 heavy (non-hydrogen) atoms. The summed E-state index contributed by atoms with van der Waals surface area (Å²) in [5, 5.41) is 0. The molecule has 1 aromatic heterocycles. The molecule has 6 nitrogen and oxygen atoms in total. The third kappa shape index (κ3) is 4.78. The highest BCUT2D eigenvalue weighted by Crippen LogP contribution is 2.25. The molecule has 1 N–H and O–H groups in total. The first-order valence-electron chi connectivity index (χ1n) is 6.33. The largest absolute Gasteiger partial charge is 0.484 e. The molecule has 0 saturated carbocycles. The van der Waals surface area contributed by atoms with Crippen molar-refractivity contribution in [1.29, 1.82) is 0 Å². The molecule has 0 aliphatic heterocycles. The second-order valence-corrected chi connectivity index (χ2v) is 8.08. The van der Waals surface area contributed by atoms with Gasteiger partial charge in [0, 0.05) is 5.56 Å². The van der Waals surface area contributed by atoms with Crippen LogP contribution in [0.5, 0.6) is 5.75 Å². The summed E-state index contributed by atoms with van der Waals surface area (Å²) in [4.78, 5) is 23.0. The Morgan fingerprint density at radius 3 is 2.61 bits per heavy atom. The molecule has 0 fully saturated rings. The van der Waals surface area contributed by atoms with Crippen LogP contribution < -0.4 is 9.46 Å². The van der Waals surface area contributed by atoms with Gasteiger partial charge in [0.2, 0.25) is 0 Å². The number of ether oxygens (including phenoxy) is 1. The fraction of sp³-hybridized carbons (Fsp3) is 0.143. The number of hydrogen-bond acceptors (Lipinski definition) is 6. The van der Waals surface area contributed by atoms with Gasteiger partial charge in [-0.05, 0) is 31.2 Å². The molecule has 0 radical (unpaired) electrons. The summed E-state index contributed by atoms with van der Waals surface area (Å²) >= 11 is 6.51. The van der Waals surface area contributed by atoms with Crippen molar-refractivity contribution in [1.82, 2.24) is 4.72 Å². The SMILES string of the molecule is CC(=O)c1cccc(OCC(=O)NS(=O)(=O)c2ccc(Cl)s2)c1. The average Bonchev–Trinajstić information content (AvgIpc) is 2.92. The summed E-state index contributed by atoms with van der Waals surface area (Å²) in [5.41, 5.74) is 0.434. The Labute approximate surface area is 142 Å². The fourth-order valence-electron chi connectivity index (χ4n) is 1.63.